The van der Waals surface area contributed by atoms with Gasteiger partial charge < -0.3 is 15.0 Å². The minimum Gasteiger partial charge on any atom is -0.469 e. The quantitative estimate of drug-likeness (QED) is 0.333. The second kappa shape index (κ2) is 10.5. The van der Waals surface area contributed by atoms with Gasteiger partial charge in [0.05, 0.1) is 25.3 Å². The smallest absolute Gasteiger partial charge is 0.308 e. The molecule has 1 saturated heterocycles. The average molecular weight is 446 g/mol. The maximum Gasteiger partial charge on any atom is 0.308 e. The summed E-state index contributed by atoms with van der Waals surface area (Å²) in [7, 11) is 1.45. The van der Waals surface area contributed by atoms with E-state index < -0.39 is 0 Å². The molecule has 1 aliphatic rings. The van der Waals surface area contributed by atoms with E-state index in [-0.39, 0.29) is 35.9 Å². The minimum absolute atomic E-state index is 0. The number of rotatable bonds is 4. The number of guanidine groups is 1. The van der Waals surface area contributed by atoms with Crippen LogP contribution in [0.15, 0.2) is 23.3 Å². The normalized spacial score (nSPS) is 15.6. The summed E-state index contributed by atoms with van der Waals surface area (Å²) in [6, 6.07) is 3.98. The Labute approximate surface area is 161 Å². The summed E-state index contributed by atoms with van der Waals surface area (Å²) in [5.41, 5.74) is 2.14. The number of carbonyl (C=O) groups is 1. The molecule has 2 rings (SSSR count). The number of nitrogens with one attached hydrogen (secondary N) is 1. The van der Waals surface area contributed by atoms with E-state index in [1.807, 2.05) is 19.1 Å². The van der Waals surface area contributed by atoms with Crippen LogP contribution in [0.1, 0.15) is 31.0 Å². The lowest BCUT2D eigenvalue weighted by atomic mass is 9.97. The highest BCUT2D eigenvalue weighted by Crippen LogP contribution is 2.18. The zero-order valence-electron chi connectivity index (χ0n) is 14.6. The third kappa shape index (κ3) is 5.61. The molecule has 0 saturated carbocycles. The van der Waals surface area contributed by atoms with Gasteiger partial charge in [0.15, 0.2) is 5.96 Å². The third-order valence-electron chi connectivity index (χ3n) is 4.16. The number of nitrogens with zero attached hydrogens (tertiary/aromatic N) is 3. The molecule has 1 N–H and O–H groups in total. The van der Waals surface area contributed by atoms with Crippen LogP contribution in [0.3, 0.4) is 0 Å². The van der Waals surface area contributed by atoms with Crippen molar-refractivity contribution in [2.45, 2.75) is 33.2 Å². The van der Waals surface area contributed by atoms with E-state index in [4.69, 9.17) is 9.73 Å². The van der Waals surface area contributed by atoms with E-state index in [0.717, 1.165) is 49.7 Å². The van der Waals surface area contributed by atoms with E-state index in [1.165, 1.54) is 7.11 Å². The molecule has 1 aliphatic heterocycles. The lowest BCUT2D eigenvalue weighted by molar-refractivity contribution is -0.146. The molecule has 0 atom stereocenters. The van der Waals surface area contributed by atoms with E-state index in [1.54, 1.807) is 6.20 Å². The Morgan fingerprint density at radius 2 is 2.17 bits per heavy atom. The van der Waals surface area contributed by atoms with Gasteiger partial charge in [0.2, 0.25) is 0 Å². The monoisotopic (exact) mass is 446 g/mol. The molecule has 1 fully saturated rings. The SMILES string of the molecule is CCNC(=NCc1ncccc1C)N1CCC(C(=O)OC)CC1.I. The lowest BCUT2D eigenvalue weighted by Gasteiger charge is -2.33. The van der Waals surface area contributed by atoms with Crippen molar-refractivity contribution in [1.82, 2.24) is 15.2 Å². The number of aromatic nitrogens is 1. The van der Waals surface area contributed by atoms with Crippen LogP contribution in [0.4, 0.5) is 0 Å². The first-order chi connectivity index (χ1) is 11.2. The van der Waals surface area contributed by atoms with Gasteiger partial charge in [-0.25, -0.2) is 4.99 Å². The molecule has 6 nitrogen and oxygen atoms in total. The van der Waals surface area contributed by atoms with E-state index >= 15 is 0 Å². The molecule has 0 spiro atoms. The van der Waals surface area contributed by atoms with Crippen LogP contribution in [0.25, 0.3) is 0 Å². The highest BCUT2D eigenvalue weighted by Gasteiger charge is 2.26. The van der Waals surface area contributed by atoms with Gasteiger partial charge in [-0.1, -0.05) is 6.07 Å². The minimum atomic E-state index is -0.101. The number of halogens is 1. The summed E-state index contributed by atoms with van der Waals surface area (Å²) in [5, 5.41) is 3.33. The lowest BCUT2D eigenvalue weighted by Crippen LogP contribution is -2.46. The second-order valence-corrected chi connectivity index (χ2v) is 5.72. The summed E-state index contributed by atoms with van der Waals surface area (Å²) in [4.78, 5) is 22.9. The van der Waals surface area contributed by atoms with Crippen molar-refractivity contribution >= 4 is 35.9 Å². The molecule has 7 heteroatoms. The molecule has 0 bridgehead atoms. The van der Waals surface area contributed by atoms with Crippen molar-refractivity contribution in [3.8, 4) is 0 Å². The Morgan fingerprint density at radius 1 is 1.46 bits per heavy atom. The number of likely N-dealkylation sites (tertiary alicyclic amines) is 1. The van der Waals surface area contributed by atoms with Gasteiger partial charge in [-0.3, -0.25) is 9.78 Å². The van der Waals surface area contributed by atoms with Gasteiger partial charge in [0.1, 0.15) is 0 Å². The highest BCUT2D eigenvalue weighted by molar-refractivity contribution is 14.0. The Hall–Kier alpha value is -1.38. The van der Waals surface area contributed by atoms with Crippen molar-refractivity contribution in [3.63, 3.8) is 0 Å². The Kier molecular flexibility index (Phi) is 9.02. The van der Waals surface area contributed by atoms with Gasteiger partial charge in [-0.05, 0) is 38.3 Å². The van der Waals surface area contributed by atoms with Crippen molar-refractivity contribution in [2.75, 3.05) is 26.7 Å². The number of aryl methyl sites for hydroxylation is 1. The fourth-order valence-corrected chi connectivity index (χ4v) is 2.75. The van der Waals surface area contributed by atoms with Crippen molar-refractivity contribution < 1.29 is 9.53 Å². The predicted octanol–water partition coefficient (Wildman–Crippen LogP) is 2.36. The van der Waals surface area contributed by atoms with Crippen LogP contribution in [0.5, 0.6) is 0 Å². The summed E-state index contributed by atoms with van der Waals surface area (Å²) in [6.07, 6.45) is 3.41. The van der Waals surface area contributed by atoms with Crippen molar-refractivity contribution in [3.05, 3.63) is 29.6 Å². The molecule has 0 radical (unpaired) electrons. The number of piperidine rings is 1. The largest absolute Gasteiger partial charge is 0.469 e. The molecular weight excluding hydrogens is 419 g/mol. The maximum absolute atomic E-state index is 11.6. The van der Waals surface area contributed by atoms with Crippen LogP contribution >= 0.6 is 24.0 Å². The number of hydrogen-bond donors (Lipinski definition) is 1. The first-order valence-corrected chi connectivity index (χ1v) is 8.17. The number of esters is 1. The van der Waals surface area contributed by atoms with Crippen molar-refractivity contribution in [1.29, 1.82) is 0 Å². The number of carbonyl (C=O) groups excluding carboxylic acids is 1. The predicted molar refractivity (Wildman–Crippen MR) is 106 cm³/mol. The fourth-order valence-electron chi connectivity index (χ4n) is 2.75. The van der Waals surface area contributed by atoms with Crippen LogP contribution in [-0.4, -0.2) is 48.6 Å². The third-order valence-corrected chi connectivity index (χ3v) is 4.16. The van der Waals surface area contributed by atoms with Crippen LogP contribution in [0, 0.1) is 12.8 Å². The number of aliphatic imine (C=N–C) groups is 1. The molecule has 1 aromatic heterocycles. The first-order valence-electron chi connectivity index (χ1n) is 8.17. The number of methoxy groups -OCH3 is 1. The molecule has 0 aliphatic carbocycles. The van der Waals surface area contributed by atoms with E-state index in [2.05, 4.69) is 22.1 Å². The van der Waals surface area contributed by atoms with E-state index in [9.17, 15) is 4.79 Å². The number of hydrogen-bond acceptors (Lipinski definition) is 4. The molecular formula is C17H27IN4O2. The molecule has 24 heavy (non-hydrogen) atoms. The zero-order valence-corrected chi connectivity index (χ0v) is 16.9. The van der Waals surface area contributed by atoms with Crippen LogP contribution in [0.2, 0.25) is 0 Å². The Balaban J connectivity index is 0.00000288. The van der Waals surface area contributed by atoms with Gasteiger partial charge >= 0.3 is 5.97 Å². The molecule has 1 aromatic rings. The standard InChI is InChI=1S/C17H26N4O2.HI/c1-4-18-17(20-12-15-13(2)6-5-9-19-15)21-10-7-14(8-11-21)16(22)23-3;/h5-6,9,14H,4,7-8,10-12H2,1-3H3,(H,18,20);1H. The van der Waals surface area contributed by atoms with Gasteiger partial charge in [-0.2, -0.15) is 0 Å². The summed E-state index contributed by atoms with van der Waals surface area (Å²) >= 11 is 0. The number of ether oxygens (including phenoxy) is 1. The molecule has 2 heterocycles. The van der Waals surface area contributed by atoms with Crippen LogP contribution < -0.4 is 5.32 Å². The second-order valence-electron chi connectivity index (χ2n) is 5.72. The van der Waals surface area contributed by atoms with E-state index in [0.29, 0.717) is 6.54 Å². The molecule has 0 unspecified atom stereocenters. The summed E-state index contributed by atoms with van der Waals surface area (Å²) in [5.74, 6) is 0.800. The molecule has 0 amide bonds. The zero-order chi connectivity index (χ0) is 16.7. The Bertz CT molecular complexity index is 557. The van der Waals surface area contributed by atoms with Gasteiger partial charge in [0, 0.05) is 25.8 Å². The fraction of sp³-hybridized carbons (Fsp3) is 0.588. The molecule has 134 valence electrons. The number of pyridine rings is 1. The molecule has 0 aromatic carbocycles. The van der Waals surface area contributed by atoms with Gasteiger partial charge in [0.25, 0.3) is 0 Å². The maximum atomic E-state index is 11.6. The Morgan fingerprint density at radius 3 is 2.75 bits per heavy atom. The first kappa shape index (κ1) is 20.7. The average Bonchev–Trinajstić information content (AvgIpc) is 2.59. The van der Waals surface area contributed by atoms with Crippen molar-refractivity contribution in [2.24, 2.45) is 10.9 Å². The highest BCUT2D eigenvalue weighted by atomic mass is 127. The van der Waals surface area contributed by atoms with Crippen LogP contribution in [-0.2, 0) is 16.1 Å². The summed E-state index contributed by atoms with van der Waals surface area (Å²) in [6.45, 7) is 7.11. The van der Waals surface area contributed by atoms with Gasteiger partial charge in [-0.15, -0.1) is 24.0 Å². The topological polar surface area (TPSA) is 66.8 Å². The summed E-state index contributed by atoms with van der Waals surface area (Å²) < 4.78 is 4.84.